The lowest BCUT2D eigenvalue weighted by Gasteiger charge is -1.99. The van der Waals surface area contributed by atoms with Crippen molar-refractivity contribution in [3.05, 3.63) is 16.3 Å². The monoisotopic (exact) mass is 233 g/mol. The summed E-state index contributed by atoms with van der Waals surface area (Å²) in [5.74, 6) is 0.128. The van der Waals surface area contributed by atoms with Crippen molar-refractivity contribution in [2.45, 2.75) is 26.3 Å². The molecule has 0 aromatic carbocycles. The van der Waals surface area contributed by atoms with E-state index >= 15 is 0 Å². The van der Waals surface area contributed by atoms with Crippen LogP contribution >= 0.6 is 11.3 Å². The summed E-state index contributed by atoms with van der Waals surface area (Å²) in [5, 5.41) is 1.00. The number of nitrogens with one attached hydrogen (secondary N) is 1. The van der Waals surface area contributed by atoms with Crippen LogP contribution in [0.2, 0.25) is 0 Å². The molecule has 0 bridgehead atoms. The molecule has 82 valence electrons. The first-order chi connectivity index (χ1) is 7.65. The summed E-state index contributed by atoms with van der Waals surface area (Å²) in [6.07, 6.45) is 2.28. The highest BCUT2D eigenvalue weighted by atomic mass is 32.1. The summed E-state index contributed by atoms with van der Waals surface area (Å²) >= 11 is 1.60. The van der Waals surface area contributed by atoms with Gasteiger partial charge in [-0.1, -0.05) is 0 Å². The van der Waals surface area contributed by atoms with Crippen molar-refractivity contribution in [2.24, 2.45) is 4.99 Å². The number of Topliss-reactive ketones (excluding diaryl/α,β-unsaturated/α-hetero) is 1. The van der Waals surface area contributed by atoms with E-state index < -0.39 is 0 Å². The second kappa shape index (κ2) is 3.25. The number of aryl methyl sites for hydroxylation is 1. The topological polar surface area (TPSA) is 58.1 Å². The lowest BCUT2D eigenvalue weighted by Crippen LogP contribution is -2.07. The second-order valence-corrected chi connectivity index (χ2v) is 5.28. The molecule has 5 heteroatoms. The van der Waals surface area contributed by atoms with Gasteiger partial charge in [-0.25, -0.2) is 4.98 Å². The van der Waals surface area contributed by atoms with Crippen LogP contribution in [0.5, 0.6) is 0 Å². The van der Waals surface area contributed by atoms with Gasteiger partial charge in [-0.3, -0.25) is 9.79 Å². The van der Waals surface area contributed by atoms with Gasteiger partial charge in [0.1, 0.15) is 5.65 Å². The number of hydrogen-bond donors (Lipinski definition) is 1. The molecule has 0 aliphatic carbocycles. The lowest BCUT2D eigenvalue weighted by molar-refractivity contribution is 0.0974. The molecule has 1 atom stereocenters. The molecule has 16 heavy (non-hydrogen) atoms. The van der Waals surface area contributed by atoms with E-state index in [4.69, 9.17) is 0 Å². The molecule has 3 heterocycles. The minimum atomic E-state index is 0.0670. The number of thiazole rings is 1. The molecule has 0 fully saturated rings. The average molecular weight is 233 g/mol. The Morgan fingerprint density at radius 2 is 2.38 bits per heavy atom. The van der Waals surface area contributed by atoms with Gasteiger partial charge in [-0.05, 0) is 13.8 Å². The number of rotatable bonds is 0. The molecule has 0 spiro atoms. The van der Waals surface area contributed by atoms with Gasteiger partial charge in [0.15, 0.2) is 5.78 Å². The summed E-state index contributed by atoms with van der Waals surface area (Å²) in [7, 11) is 0. The van der Waals surface area contributed by atoms with Crippen molar-refractivity contribution in [3.63, 3.8) is 0 Å². The molecule has 1 N–H and O–H groups in total. The number of hydrogen-bond acceptors (Lipinski definition) is 4. The van der Waals surface area contributed by atoms with E-state index in [0.29, 0.717) is 12.1 Å². The first-order valence-electron chi connectivity index (χ1n) is 5.20. The van der Waals surface area contributed by atoms with Gasteiger partial charge < -0.3 is 4.98 Å². The van der Waals surface area contributed by atoms with Gasteiger partial charge in [0.25, 0.3) is 0 Å². The smallest absolute Gasteiger partial charge is 0.181 e. The number of ketones is 1. The maximum absolute atomic E-state index is 11.9. The highest BCUT2D eigenvalue weighted by Gasteiger charge is 2.22. The quantitative estimate of drug-likeness (QED) is 0.759. The predicted octanol–water partition coefficient (Wildman–Crippen LogP) is 2.33. The number of carbonyl (C=O) groups is 1. The number of fused-ring (bicyclic) bond motifs is 3. The van der Waals surface area contributed by atoms with Gasteiger partial charge >= 0.3 is 0 Å². The van der Waals surface area contributed by atoms with Gasteiger partial charge in [0.05, 0.1) is 21.4 Å². The van der Waals surface area contributed by atoms with E-state index in [0.717, 1.165) is 20.9 Å². The third kappa shape index (κ3) is 1.31. The number of aromatic nitrogens is 2. The standard InChI is InChI=1S/C11H11N3OS/c1-5-3-8(15)9-7(4-12-5)10-11(14-9)13-6(2)16-10/h4-5,14H,3H2,1-2H3. The molecular formula is C11H11N3OS. The maximum atomic E-state index is 11.9. The molecule has 0 saturated heterocycles. The molecule has 1 aliphatic heterocycles. The Morgan fingerprint density at radius 3 is 3.19 bits per heavy atom. The molecule has 2 aromatic heterocycles. The molecule has 1 unspecified atom stereocenters. The Balaban J connectivity index is 2.30. The van der Waals surface area contributed by atoms with Crippen molar-refractivity contribution in [2.75, 3.05) is 0 Å². The molecule has 3 rings (SSSR count). The minimum Gasteiger partial charge on any atom is -0.336 e. The lowest BCUT2D eigenvalue weighted by atomic mass is 10.1. The van der Waals surface area contributed by atoms with Crippen LogP contribution in [0.4, 0.5) is 0 Å². The van der Waals surface area contributed by atoms with Gasteiger partial charge in [0.2, 0.25) is 0 Å². The first kappa shape index (κ1) is 9.72. The number of aliphatic imine (C=N–C) groups is 1. The largest absolute Gasteiger partial charge is 0.336 e. The van der Waals surface area contributed by atoms with Crippen LogP contribution in [-0.2, 0) is 0 Å². The zero-order chi connectivity index (χ0) is 11.3. The third-order valence-electron chi connectivity index (χ3n) is 2.71. The molecule has 0 saturated carbocycles. The number of carbonyl (C=O) groups excluding carboxylic acids is 1. The predicted molar refractivity (Wildman–Crippen MR) is 64.7 cm³/mol. The summed E-state index contributed by atoms with van der Waals surface area (Å²) in [6, 6.07) is 0.0670. The Morgan fingerprint density at radius 1 is 1.56 bits per heavy atom. The number of H-pyrrole nitrogens is 1. The fraction of sp³-hybridized carbons (Fsp3) is 0.364. The van der Waals surface area contributed by atoms with Crippen molar-refractivity contribution < 1.29 is 4.79 Å². The van der Waals surface area contributed by atoms with E-state index in [-0.39, 0.29) is 11.8 Å². The average Bonchev–Trinajstić information content (AvgIpc) is 2.66. The van der Waals surface area contributed by atoms with Gasteiger partial charge in [0, 0.05) is 18.2 Å². The van der Waals surface area contributed by atoms with Crippen molar-refractivity contribution in [3.8, 4) is 0 Å². The van der Waals surface area contributed by atoms with Crippen LogP contribution in [-0.4, -0.2) is 28.0 Å². The summed E-state index contributed by atoms with van der Waals surface area (Å²) in [4.78, 5) is 23.8. The van der Waals surface area contributed by atoms with Crippen LogP contribution in [0.25, 0.3) is 10.3 Å². The van der Waals surface area contributed by atoms with Gasteiger partial charge in [-0.15, -0.1) is 11.3 Å². The summed E-state index contributed by atoms with van der Waals surface area (Å²) in [6.45, 7) is 3.92. The zero-order valence-electron chi connectivity index (χ0n) is 9.07. The molecule has 2 aromatic rings. The van der Waals surface area contributed by atoms with Crippen molar-refractivity contribution in [1.82, 2.24) is 9.97 Å². The molecule has 0 radical (unpaired) electrons. The van der Waals surface area contributed by atoms with Crippen molar-refractivity contribution >= 4 is 33.7 Å². The third-order valence-corrected chi connectivity index (χ3v) is 3.71. The summed E-state index contributed by atoms with van der Waals surface area (Å²) < 4.78 is 1.04. The Bertz CT molecular complexity index is 608. The van der Waals surface area contributed by atoms with Crippen LogP contribution < -0.4 is 0 Å². The van der Waals surface area contributed by atoms with Crippen LogP contribution in [0.15, 0.2) is 4.99 Å². The molecule has 0 amide bonds. The SMILES string of the molecule is Cc1nc2[nH]c3c(c2s1)C=NC(C)CC3=O. The summed E-state index contributed by atoms with van der Waals surface area (Å²) in [5.41, 5.74) is 2.39. The fourth-order valence-corrected chi connectivity index (χ4v) is 2.85. The normalized spacial score (nSPS) is 20.1. The highest BCUT2D eigenvalue weighted by molar-refractivity contribution is 7.18. The molecular weight excluding hydrogens is 222 g/mol. The van der Waals surface area contributed by atoms with E-state index in [1.807, 2.05) is 13.8 Å². The van der Waals surface area contributed by atoms with E-state index in [9.17, 15) is 4.79 Å². The Labute approximate surface area is 96.4 Å². The van der Waals surface area contributed by atoms with E-state index in [1.165, 1.54) is 0 Å². The highest BCUT2D eigenvalue weighted by Crippen LogP contribution is 2.29. The van der Waals surface area contributed by atoms with Gasteiger partial charge in [-0.2, -0.15) is 0 Å². The second-order valence-electron chi connectivity index (χ2n) is 4.08. The fourth-order valence-electron chi connectivity index (χ4n) is 1.96. The van der Waals surface area contributed by atoms with Crippen LogP contribution in [0.3, 0.4) is 0 Å². The van der Waals surface area contributed by atoms with E-state index in [1.54, 1.807) is 17.6 Å². The van der Waals surface area contributed by atoms with Crippen molar-refractivity contribution in [1.29, 1.82) is 0 Å². The molecule has 4 nitrogen and oxygen atoms in total. The maximum Gasteiger partial charge on any atom is 0.181 e. The Kier molecular flexibility index (Phi) is 1.97. The van der Waals surface area contributed by atoms with E-state index in [2.05, 4.69) is 15.0 Å². The first-order valence-corrected chi connectivity index (χ1v) is 6.02. The molecule has 1 aliphatic rings. The number of aromatic amines is 1. The Hall–Kier alpha value is -1.49. The van der Waals surface area contributed by atoms with Crippen LogP contribution in [0, 0.1) is 6.92 Å². The van der Waals surface area contributed by atoms with Crippen LogP contribution in [0.1, 0.15) is 34.4 Å². The number of nitrogens with zero attached hydrogens (tertiary/aromatic N) is 2. The minimum absolute atomic E-state index is 0.0670. The zero-order valence-corrected chi connectivity index (χ0v) is 9.89.